The maximum absolute atomic E-state index is 11.1. The first kappa shape index (κ1) is 22.3. The van der Waals surface area contributed by atoms with E-state index in [4.69, 9.17) is 14.2 Å². The minimum atomic E-state index is -0.537. The smallest absolute Gasteiger partial charge is 0.426 e. The van der Waals surface area contributed by atoms with Crippen molar-refractivity contribution < 1.29 is 19.0 Å². The number of cyclic esters (lactones) is 2. The van der Waals surface area contributed by atoms with Gasteiger partial charge in [-0.15, -0.1) is 0 Å². The summed E-state index contributed by atoms with van der Waals surface area (Å²) in [4.78, 5) is 11.1. The summed E-state index contributed by atoms with van der Waals surface area (Å²) in [5, 5.41) is 0. The summed E-state index contributed by atoms with van der Waals surface area (Å²) in [6.45, 7) is 25.8. The van der Waals surface area contributed by atoms with E-state index in [0.717, 1.165) is 0 Å². The van der Waals surface area contributed by atoms with Crippen LogP contribution >= 0.6 is 0 Å². The highest BCUT2D eigenvalue weighted by atomic mass is 16.8. The summed E-state index contributed by atoms with van der Waals surface area (Å²) in [7, 11) is 0. The molecule has 0 aliphatic carbocycles. The van der Waals surface area contributed by atoms with Gasteiger partial charge in [0.05, 0.1) is 12.2 Å². The number of ether oxygens (including phenoxy) is 3. The predicted molar refractivity (Wildman–Crippen MR) is 102 cm³/mol. The van der Waals surface area contributed by atoms with Crippen molar-refractivity contribution in [2.45, 2.75) is 108 Å². The van der Waals surface area contributed by atoms with E-state index >= 15 is 0 Å². The van der Waals surface area contributed by atoms with Crippen LogP contribution in [0.15, 0.2) is 0 Å². The predicted octanol–water partition coefficient (Wildman–Crippen LogP) is 5.83. The second-order valence-electron chi connectivity index (χ2n) is 11.8. The van der Waals surface area contributed by atoms with Crippen LogP contribution in [0.1, 0.15) is 83.1 Å². The highest BCUT2D eigenvalue weighted by molar-refractivity contribution is 5.62. The zero-order valence-corrected chi connectivity index (χ0v) is 18.4. The molecule has 0 spiro atoms. The van der Waals surface area contributed by atoms with E-state index in [-0.39, 0.29) is 23.0 Å². The van der Waals surface area contributed by atoms with Crippen molar-refractivity contribution in [2.24, 2.45) is 21.7 Å². The van der Waals surface area contributed by atoms with Crippen LogP contribution in [0.25, 0.3) is 0 Å². The normalized spacial score (nSPS) is 30.2. The van der Waals surface area contributed by atoms with Crippen molar-refractivity contribution >= 4 is 6.16 Å². The number of carbonyl (C=O) groups excluding carboxylic acids is 1. The highest BCUT2D eigenvalue weighted by Gasteiger charge is 2.52. The van der Waals surface area contributed by atoms with E-state index in [1.54, 1.807) is 0 Å². The highest BCUT2D eigenvalue weighted by Crippen LogP contribution is 2.46. The number of rotatable bonds is 0. The number of hydrogen-bond donors (Lipinski definition) is 0. The van der Waals surface area contributed by atoms with Gasteiger partial charge in [-0.1, -0.05) is 83.1 Å². The molecular weight excluding hydrogens is 316 g/mol. The van der Waals surface area contributed by atoms with Gasteiger partial charge in [-0.25, -0.2) is 4.79 Å². The quantitative estimate of drug-likeness (QED) is 0.405. The zero-order chi connectivity index (χ0) is 20.0. The van der Waals surface area contributed by atoms with Gasteiger partial charge in [-0.05, 0) is 10.8 Å². The maximum atomic E-state index is 11.1. The molecule has 2 aliphatic rings. The first-order valence-electron chi connectivity index (χ1n) is 9.38. The minimum absolute atomic E-state index is 0.0793. The van der Waals surface area contributed by atoms with Gasteiger partial charge < -0.3 is 14.2 Å². The molecular formula is C21H40O4. The lowest BCUT2D eigenvalue weighted by Crippen LogP contribution is -2.42. The average molecular weight is 357 g/mol. The fourth-order valence-electron chi connectivity index (χ4n) is 3.05. The second-order valence-corrected chi connectivity index (χ2v) is 11.8. The molecule has 4 heteroatoms. The molecule has 0 N–H and O–H groups in total. The maximum Gasteiger partial charge on any atom is 0.509 e. The van der Waals surface area contributed by atoms with Gasteiger partial charge in [0.25, 0.3) is 0 Å². The number of hydrogen-bond acceptors (Lipinski definition) is 4. The molecule has 2 heterocycles. The summed E-state index contributed by atoms with van der Waals surface area (Å²) in [5.41, 5.74) is 0.476. The second kappa shape index (κ2) is 6.75. The Morgan fingerprint density at radius 1 is 0.520 bits per heavy atom. The van der Waals surface area contributed by atoms with E-state index in [2.05, 4.69) is 83.1 Å². The molecule has 0 aromatic heterocycles. The summed E-state index contributed by atoms with van der Waals surface area (Å²) in [5.74, 6) is 0. The third kappa shape index (κ3) is 6.16. The largest absolute Gasteiger partial charge is 0.509 e. The Balaban J connectivity index is 0.000000257. The third-order valence-electron chi connectivity index (χ3n) is 4.63. The van der Waals surface area contributed by atoms with Crippen molar-refractivity contribution in [1.82, 2.24) is 0 Å². The van der Waals surface area contributed by atoms with Crippen LogP contribution in [-0.2, 0) is 14.2 Å². The molecule has 0 aromatic carbocycles. The van der Waals surface area contributed by atoms with Crippen molar-refractivity contribution in [1.29, 1.82) is 0 Å². The van der Waals surface area contributed by atoms with Gasteiger partial charge in [0.1, 0.15) is 12.2 Å². The molecule has 0 amide bonds. The summed E-state index contributed by atoms with van der Waals surface area (Å²) in [6, 6.07) is 0. The molecule has 148 valence electrons. The van der Waals surface area contributed by atoms with Crippen molar-refractivity contribution in [3.63, 3.8) is 0 Å². The standard InChI is InChI=1S/C11H20O3.C10H20O/c1-10(2,3)7-8(11(4,5)6)14-9(12)13-7;1-9(2,3)7-8(11-7)10(4,5)6/h7-8H,1-6H3;7-8H,1-6H3. The molecule has 0 radical (unpaired) electrons. The van der Waals surface area contributed by atoms with Crippen LogP contribution in [0, 0.1) is 21.7 Å². The van der Waals surface area contributed by atoms with Crippen LogP contribution in [0.5, 0.6) is 0 Å². The van der Waals surface area contributed by atoms with E-state index in [1.807, 2.05) is 0 Å². The Labute approximate surface area is 155 Å². The SMILES string of the molecule is CC(C)(C)C1OC(=O)OC1C(C)(C)C.CC(C)(C)C1OC1C(C)(C)C. The molecule has 0 saturated carbocycles. The van der Waals surface area contributed by atoms with E-state index < -0.39 is 6.16 Å². The average Bonchev–Trinajstić information content (AvgIpc) is 3.04. The Morgan fingerprint density at radius 2 is 0.760 bits per heavy atom. The fraction of sp³-hybridized carbons (Fsp3) is 0.952. The van der Waals surface area contributed by atoms with Crippen LogP contribution in [0.4, 0.5) is 4.79 Å². The Kier molecular flexibility index (Phi) is 6.02. The molecule has 2 saturated heterocycles. The van der Waals surface area contributed by atoms with Crippen molar-refractivity contribution in [3.8, 4) is 0 Å². The van der Waals surface area contributed by atoms with Gasteiger partial charge in [0.2, 0.25) is 0 Å². The van der Waals surface area contributed by atoms with Gasteiger partial charge in [0, 0.05) is 10.8 Å². The summed E-state index contributed by atoms with van der Waals surface area (Å²) < 4.78 is 16.1. The van der Waals surface area contributed by atoms with Crippen molar-refractivity contribution in [2.75, 3.05) is 0 Å². The van der Waals surface area contributed by atoms with Gasteiger partial charge in [-0.3, -0.25) is 0 Å². The van der Waals surface area contributed by atoms with Crippen LogP contribution in [0.3, 0.4) is 0 Å². The minimum Gasteiger partial charge on any atom is -0.426 e. The first-order valence-corrected chi connectivity index (χ1v) is 9.38. The van der Waals surface area contributed by atoms with Crippen LogP contribution < -0.4 is 0 Å². The molecule has 2 aliphatic heterocycles. The Bertz CT molecular complexity index is 426. The van der Waals surface area contributed by atoms with Crippen molar-refractivity contribution in [3.05, 3.63) is 0 Å². The van der Waals surface area contributed by atoms with E-state index in [9.17, 15) is 4.79 Å². The van der Waals surface area contributed by atoms with Gasteiger partial charge in [0.15, 0.2) is 0 Å². The first-order chi connectivity index (χ1) is 10.8. The van der Waals surface area contributed by atoms with Gasteiger partial charge in [-0.2, -0.15) is 0 Å². The van der Waals surface area contributed by atoms with E-state index in [0.29, 0.717) is 23.0 Å². The monoisotopic (exact) mass is 356 g/mol. The topological polar surface area (TPSA) is 48.1 Å². The lowest BCUT2D eigenvalue weighted by atomic mass is 9.76. The lowest BCUT2D eigenvalue weighted by Gasteiger charge is -2.34. The number of carbonyl (C=O) groups is 1. The molecule has 2 fully saturated rings. The molecule has 4 unspecified atom stereocenters. The molecule has 0 bridgehead atoms. The van der Waals surface area contributed by atoms with Crippen LogP contribution in [0.2, 0.25) is 0 Å². The zero-order valence-electron chi connectivity index (χ0n) is 18.4. The van der Waals surface area contributed by atoms with Crippen LogP contribution in [-0.4, -0.2) is 30.6 Å². The van der Waals surface area contributed by atoms with Gasteiger partial charge >= 0.3 is 6.16 Å². The molecule has 2 rings (SSSR count). The molecule has 4 nitrogen and oxygen atoms in total. The molecule has 0 aromatic rings. The fourth-order valence-corrected chi connectivity index (χ4v) is 3.05. The Morgan fingerprint density at radius 3 is 0.920 bits per heavy atom. The van der Waals surface area contributed by atoms with E-state index in [1.165, 1.54) is 0 Å². The molecule has 25 heavy (non-hydrogen) atoms. The lowest BCUT2D eigenvalue weighted by molar-refractivity contribution is 0.000876. The third-order valence-corrected chi connectivity index (χ3v) is 4.63. The summed E-state index contributed by atoms with van der Waals surface area (Å²) >= 11 is 0. The summed E-state index contributed by atoms with van der Waals surface area (Å²) in [6.07, 6.45) is 0.0971. The molecule has 4 atom stereocenters. The number of epoxide rings is 1. The Hall–Kier alpha value is -0.770.